The summed E-state index contributed by atoms with van der Waals surface area (Å²) < 4.78 is 21.7. The summed E-state index contributed by atoms with van der Waals surface area (Å²) in [7, 11) is 1.62. The first-order chi connectivity index (χ1) is 12.7. The molecule has 1 aliphatic rings. The summed E-state index contributed by atoms with van der Waals surface area (Å²) in [5.41, 5.74) is 0. The molecule has 1 amide bonds. The van der Waals surface area contributed by atoms with E-state index in [1.165, 1.54) is 11.8 Å². The standard InChI is InChI=1S/C19H21NO5S/c1-22-14-2-4-15(5-3-14)23-9-8-20-19(21)13-26-16-6-7-17-18(12-16)25-11-10-24-17/h2-7,12H,8-11,13H2,1H3,(H,20,21). The molecule has 0 aliphatic carbocycles. The van der Waals surface area contributed by atoms with Crippen LogP contribution in [0.1, 0.15) is 0 Å². The number of carbonyl (C=O) groups excluding carboxylic acids is 1. The maximum atomic E-state index is 11.9. The summed E-state index contributed by atoms with van der Waals surface area (Å²) >= 11 is 1.46. The molecule has 0 bridgehead atoms. The lowest BCUT2D eigenvalue weighted by Gasteiger charge is -2.18. The molecule has 1 heterocycles. The first-order valence-corrected chi connectivity index (χ1v) is 9.29. The second kappa shape index (κ2) is 9.24. The number of rotatable bonds is 8. The number of fused-ring (bicyclic) bond motifs is 1. The molecule has 0 fully saturated rings. The SMILES string of the molecule is COc1ccc(OCCNC(=O)CSc2ccc3c(c2)OCCO3)cc1. The molecule has 2 aromatic rings. The monoisotopic (exact) mass is 375 g/mol. The van der Waals surface area contributed by atoms with Gasteiger partial charge >= 0.3 is 0 Å². The molecule has 6 nitrogen and oxygen atoms in total. The molecular weight excluding hydrogens is 354 g/mol. The van der Waals surface area contributed by atoms with E-state index in [1.54, 1.807) is 7.11 Å². The third kappa shape index (κ3) is 5.23. The molecule has 3 rings (SSSR count). The highest BCUT2D eigenvalue weighted by Gasteiger charge is 2.12. The zero-order valence-electron chi connectivity index (χ0n) is 14.5. The Bertz CT molecular complexity index is 735. The molecule has 0 saturated carbocycles. The summed E-state index contributed by atoms with van der Waals surface area (Å²) in [6.07, 6.45) is 0. The van der Waals surface area contributed by atoms with Gasteiger partial charge in [-0.2, -0.15) is 0 Å². The van der Waals surface area contributed by atoms with Gasteiger partial charge in [0.25, 0.3) is 0 Å². The van der Waals surface area contributed by atoms with E-state index in [-0.39, 0.29) is 5.91 Å². The van der Waals surface area contributed by atoms with Crippen molar-refractivity contribution in [2.45, 2.75) is 4.90 Å². The number of nitrogens with one attached hydrogen (secondary N) is 1. The van der Waals surface area contributed by atoms with Gasteiger partial charge in [0, 0.05) is 4.90 Å². The Balaban J connectivity index is 1.35. The molecule has 0 aromatic heterocycles. The van der Waals surface area contributed by atoms with E-state index in [4.69, 9.17) is 18.9 Å². The van der Waals surface area contributed by atoms with Crippen LogP contribution >= 0.6 is 11.8 Å². The maximum Gasteiger partial charge on any atom is 0.230 e. The first kappa shape index (κ1) is 18.3. The van der Waals surface area contributed by atoms with Gasteiger partial charge in [-0.15, -0.1) is 11.8 Å². The Morgan fingerprint density at radius 2 is 1.81 bits per heavy atom. The molecule has 7 heteroatoms. The summed E-state index contributed by atoms with van der Waals surface area (Å²) in [5, 5.41) is 2.84. The predicted octanol–water partition coefficient (Wildman–Crippen LogP) is 2.75. The summed E-state index contributed by atoms with van der Waals surface area (Å²) in [6, 6.07) is 13.0. The van der Waals surface area contributed by atoms with Crippen LogP contribution in [-0.2, 0) is 4.79 Å². The quantitative estimate of drug-likeness (QED) is 0.565. The van der Waals surface area contributed by atoms with Crippen molar-refractivity contribution in [1.29, 1.82) is 0 Å². The Hall–Kier alpha value is -2.54. The number of thioether (sulfide) groups is 1. The molecule has 26 heavy (non-hydrogen) atoms. The van der Waals surface area contributed by atoms with Crippen LogP contribution < -0.4 is 24.3 Å². The molecular formula is C19H21NO5S. The van der Waals surface area contributed by atoms with Crippen molar-refractivity contribution in [3.05, 3.63) is 42.5 Å². The number of amides is 1. The van der Waals surface area contributed by atoms with E-state index in [0.29, 0.717) is 32.1 Å². The van der Waals surface area contributed by atoms with Crippen LogP contribution in [0.15, 0.2) is 47.4 Å². The fourth-order valence-corrected chi connectivity index (χ4v) is 3.10. The fourth-order valence-electron chi connectivity index (χ4n) is 2.34. The Morgan fingerprint density at radius 1 is 1.08 bits per heavy atom. The van der Waals surface area contributed by atoms with Crippen LogP contribution in [0.25, 0.3) is 0 Å². The Kier molecular flexibility index (Phi) is 6.49. The van der Waals surface area contributed by atoms with E-state index < -0.39 is 0 Å². The van der Waals surface area contributed by atoms with Crippen molar-refractivity contribution in [3.8, 4) is 23.0 Å². The van der Waals surface area contributed by atoms with Crippen molar-refractivity contribution >= 4 is 17.7 Å². The van der Waals surface area contributed by atoms with Crippen molar-refractivity contribution in [1.82, 2.24) is 5.32 Å². The highest BCUT2D eigenvalue weighted by molar-refractivity contribution is 8.00. The van der Waals surface area contributed by atoms with Gasteiger partial charge in [0.15, 0.2) is 11.5 Å². The highest BCUT2D eigenvalue weighted by atomic mass is 32.2. The predicted molar refractivity (Wildman–Crippen MR) is 99.7 cm³/mol. The number of hydrogen-bond acceptors (Lipinski definition) is 6. The smallest absolute Gasteiger partial charge is 0.230 e. The summed E-state index contributed by atoms with van der Waals surface area (Å²) in [4.78, 5) is 12.9. The molecule has 1 N–H and O–H groups in total. The number of hydrogen-bond donors (Lipinski definition) is 1. The van der Waals surface area contributed by atoms with Crippen LogP contribution in [0.3, 0.4) is 0 Å². The molecule has 0 spiro atoms. The van der Waals surface area contributed by atoms with Gasteiger partial charge in [0.2, 0.25) is 5.91 Å². The van der Waals surface area contributed by atoms with E-state index in [1.807, 2.05) is 42.5 Å². The number of ether oxygens (including phenoxy) is 4. The minimum Gasteiger partial charge on any atom is -0.497 e. The van der Waals surface area contributed by atoms with Gasteiger partial charge in [-0.1, -0.05) is 0 Å². The molecule has 0 unspecified atom stereocenters. The fraction of sp³-hybridized carbons (Fsp3) is 0.316. The summed E-state index contributed by atoms with van der Waals surface area (Å²) in [5.74, 6) is 3.30. The van der Waals surface area contributed by atoms with Crippen molar-refractivity contribution in [2.24, 2.45) is 0 Å². The van der Waals surface area contributed by atoms with E-state index in [0.717, 1.165) is 27.9 Å². The van der Waals surface area contributed by atoms with Crippen molar-refractivity contribution in [2.75, 3.05) is 39.2 Å². The number of carbonyl (C=O) groups is 1. The third-order valence-electron chi connectivity index (χ3n) is 3.64. The average molecular weight is 375 g/mol. The van der Waals surface area contributed by atoms with Crippen molar-refractivity contribution < 1.29 is 23.7 Å². The molecule has 1 aliphatic heterocycles. The van der Waals surface area contributed by atoms with Crippen LogP contribution in [0.5, 0.6) is 23.0 Å². The van der Waals surface area contributed by atoms with Gasteiger partial charge in [-0.05, 0) is 42.5 Å². The Labute approximate surface area is 156 Å². The lowest BCUT2D eigenvalue weighted by molar-refractivity contribution is -0.118. The number of methoxy groups -OCH3 is 1. The molecule has 0 atom stereocenters. The van der Waals surface area contributed by atoms with Gasteiger partial charge in [0.05, 0.1) is 19.4 Å². The molecule has 2 aromatic carbocycles. The highest BCUT2D eigenvalue weighted by Crippen LogP contribution is 2.34. The van der Waals surface area contributed by atoms with Gasteiger partial charge < -0.3 is 24.3 Å². The zero-order chi connectivity index (χ0) is 18.2. The van der Waals surface area contributed by atoms with Crippen LogP contribution in [0, 0.1) is 0 Å². The average Bonchev–Trinajstić information content (AvgIpc) is 2.70. The topological polar surface area (TPSA) is 66.0 Å². The second-order valence-electron chi connectivity index (χ2n) is 5.47. The first-order valence-electron chi connectivity index (χ1n) is 8.30. The Morgan fingerprint density at radius 3 is 2.58 bits per heavy atom. The van der Waals surface area contributed by atoms with Gasteiger partial charge in [0.1, 0.15) is 31.3 Å². The summed E-state index contributed by atoms with van der Waals surface area (Å²) in [6.45, 7) is 1.98. The number of benzene rings is 2. The van der Waals surface area contributed by atoms with Crippen molar-refractivity contribution in [3.63, 3.8) is 0 Å². The van der Waals surface area contributed by atoms with Gasteiger partial charge in [-0.3, -0.25) is 4.79 Å². The lowest BCUT2D eigenvalue weighted by atomic mass is 10.3. The molecule has 0 saturated heterocycles. The second-order valence-corrected chi connectivity index (χ2v) is 6.52. The van der Waals surface area contributed by atoms with E-state index in [2.05, 4.69) is 5.32 Å². The van der Waals surface area contributed by atoms with Gasteiger partial charge in [-0.25, -0.2) is 0 Å². The van der Waals surface area contributed by atoms with Crippen LogP contribution in [0.4, 0.5) is 0 Å². The largest absolute Gasteiger partial charge is 0.497 e. The van der Waals surface area contributed by atoms with Crippen LogP contribution in [0.2, 0.25) is 0 Å². The minimum atomic E-state index is -0.0387. The third-order valence-corrected chi connectivity index (χ3v) is 4.63. The minimum absolute atomic E-state index is 0.0387. The molecule has 138 valence electrons. The zero-order valence-corrected chi connectivity index (χ0v) is 15.3. The van der Waals surface area contributed by atoms with Crippen LogP contribution in [-0.4, -0.2) is 45.1 Å². The van der Waals surface area contributed by atoms with E-state index >= 15 is 0 Å². The normalized spacial score (nSPS) is 12.3. The molecule has 0 radical (unpaired) electrons. The maximum absolute atomic E-state index is 11.9. The van der Waals surface area contributed by atoms with E-state index in [9.17, 15) is 4.79 Å². The lowest BCUT2D eigenvalue weighted by Crippen LogP contribution is -2.29.